The van der Waals surface area contributed by atoms with Crippen molar-refractivity contribution in [3.63, 3.8) is 0 Å². The maximum absolute atomic E-state index is 9.47. The number of halogens is 1. The summed E-state index contributed by atoms with van der Waals surface area (Å²) in [6.45, 7) is 6.78. The van der Waals surface area contributed by atoms with Gasteiger partial charge in [0.05, 0.1) is 12.6 Å². The molecular weight excluding hydrogens is 266 g/mol. The Hall–Kier alpha value is -0.640. The molecule has 0 amide bonds. The van der Waals surface area contributed by atoms with Crippen LogP contribution in [-0.4, -0.2) is 30.2 Å². The van der Waals surface area contributed by atoms with E-state index in [9.17, 15) is 5.11 Å². The molecule has 3 heteroatoms. The Morgan fingerprint density at radius 3 is 2.75 bits per heavy atom. The van der Waals surface area contributed by atoms with E-state index in [1.165, 1.54) is 0 Å². The van der Waals surface area contributed by atoms with Gasteiger partial charge in [0.25, 0.3) is 0 Å². The van der Waals surface area contributed by atoms with Crippen molar-refractivity contribution < 1.29 is 5.11 Å². The third-order valence-electron chi connectivity index (χ3n) is 2.46. The number of aliphatic hydroxyl groups is 1. The second-order valence-electron chi connectivity index (χ2n) is 4.13. The summed E-state index contributed by atoms with van der Waals surface area (Å²) in [4.78, 5) is 2.10. The van der Waals surface area contributed by atoms with Crippen LogP contribution in [0.1, 0.15) is 18.5 Å². The first kappa shape index (κ1) is 13.4. The molecule has 16 heavy (non-hydrogen) atoms. The van der Waals surface area contributed by atoms with Crippen molar-refractivity contribution in [3.8, 4) is 0 Å². The van der Waals surface area contributed by atoms with Gasteiger partial charge in [-0.05, 0) is 31.7 Å². The number of aliphatic hydroxyl groups excluding tert-OH is 1. The second kappa shape index (κ2) is 6.18. The van der Waals surface area contributed by atoms with E-state index < -0.39 is 0 Å². The Morgan fingerprint density at radius 2 is 2.25 bits per heavy atom. The normalized spacial score (nSPS) is 12.8. The van der Waals surface area contributed by atoms with Gasteiger partial charge in [-0.25, -0.2) is 0 Å². The minimum atomic E-state index is 0.0224. The molecule has 0 aromatic heterocycles. The zero-order valence-corrected chi connectivity index (χ0v) is 11.4. The van der Waals surface area contributed by atoms with Crippen molar-refractivity contribution in [2.75, 3.05) is 20.2 Å². The number of benzene rings is 1. The molecule has 0 saturated heterocycles. The predicted octanol–water partition coefficient (Wildman–Crippen LogP) is 2.99. The first-order chi connectivity index (χ1) is 7.54. The maximum atomic E-state index is 9.47. The van der Waals surface area contributed by atoms with Crippen LogP contribution in [-0.2, 0) is 0 Å². The number of likely N-dealkylation sites (N-methyl/N-ethyl adjacent to an activating group) is 1. The van der Waals surface area contributed by atoms with Crippen LogP contribution in [0.4, 0.5) is 0 Å². The van der Waals surface area contributed by atoms with Gasteiger partial charge in [0, 0.05) is 11.0 Å². The lowest BCUT2D eigenvalue weighted by Crippen LogP contribution is -2.28. The molecule has 1 atom stereocenters. The highest BCUT2D eigenvalue weighted by Crippen LogP contribution is 2.22. The summed E-state index contributed by atoms with van der Waals surface area (Å²) >= 11 is 3.44. The van der Waals surface area contributed by atoms with Gasteiger partial charge < -0.3 is 5.11 Å². The van der Waals surface area contributed by atoms with E-state index in [2.05, 4.69) is 27.4 Å². The van der Waals surface area contributed by atoms with Crippen LogP contribution in [0.15, 0.2) is 40.9 Å². The molecule has 0 bridgehead atoms. The Morgan fingerprint density at radius 1 is 1.56 bits per heavy atom. The molecule has 0 fully saturated rings. The van der Waals surface area contributed by atoms with Crippen LogP contribution in [0.3, 0.4) is 0 Å². The van der Waals surface area contributed by atoms with Gasteiger partial charge in [-0.15, -0.1) is 0 Å². The third-order valence-corrected chi connectivity index (χ3v) is 2.95. The summed E-state index contributed by atoms with van der Waals surface area (Å²) in [5.74, 6) is 0. The molecular formula is C13H18BrNO. The lowest BCUT2D eigenvalue weighted by molar-refractivity contribution is 0.156. The third kappa shape index (κ3) is 3.74. The number of rotatable bonds is 5. The summed E-state index contributed by atoms with van der Waals surface area (Å²) in [6, 6.07) is 8.05. The molecule has 0 spiro atoms. The van der Waals surface area contributed by atoms with Crippen LogP contribution in [0.25, 0.3) is 0 Å². The largest absolute Gasteiger partial charge is 0.394 e. The number of hydrogen-bond acceptors (Lipinski definition) is 2. The van der Waals surface area contributed by atoms with Gasteiger partial charge in [-0.3, -0.25) is 4.90 Å². The van der Waals surface area contributed by atoms with Crippen LogP contribution >= 0.6 is 15.9 Å². The van der Waals surface area contributed by atoms with Crippen molar-refractivity contribution >= 4 is 15.9 Å². The molecule has 0 aliphatic heterocycles. The Balaban J connectivity index is 2.85. The van der Waals surface area contributed by atoms with E-state index in [1.54, 1.807) is 0 Å². The average molecular weight is 284 g/mol. The highest BCUT2D eigenvalue weighted by atomic mass is 79.9. The van der Waals surface area contributed by atoms with E-state index in [0.29, 0.717) is 0 Å². The predicted molar refractivity (Wildman–Crippen MR) is 71.4 cm³/mol. The van der Waals surface area contributed by atoms with Crippen molar-refractivity contribution in [3.05, 3.63) is 46.5 Å². The Labute approximate surface area is 106 Å². The van der Waals surface area contributed by atoms with Crippen LogP contribution in [0.5, 0.6) is 0 Å². The van der Waals surface area contributed by atoms with Crippen molar-refractivity contribution in [2.24, 2.45) is 0 Å². The summed E-state index contributed by atoms with van der Waals surface area (Å²) in [7, 11) is 2.00. The number of nitrogens with zero attached hydrogens (tertiary/aromatic N) is 1. The molecule has 1 rings (SSSR count). The van der Waals surface area contributed by atoms with E-state index in [4.69, 9.17) is 0 Å². The highest BCUT2D eigenvalue weighted by molar-refractivity contribution is 9.10. The molecule has 88 valence electrons. The molecule has 1 N–H and O–H groups in total. The van der Waals surface area contributed by atoms with Gasteiger partial charge in [0.2, 0.25) is 0 Å². The fourth-order valence-electron chi connectivity index (χ4n) is 1.75. The molecule has 1 unspecified atom stereocenters. The molecule has 0 aliphatic rings. The number of hydrogen-bond donors (Lipinski definition) is 1. The van der Waals surface area contributed by atoms with Crippen molar-refractivity contribution in [1.82, 2.24) is 4.90 Å². The van der Waals surface area contributed by atoms with Gasteiger partial charge in [-0.1, -0.05) is 40.2 Å². The van der Waals surface area contributed by atoms with Gasteiger partial charge in [-0.2, -0.15) is 0 Å². The van der Waals surface area contributed by atoms with E-state index in [0.717, 1.165) is 22.2 Å². The first-order valence-electron chi connectivity index (χ1n) is 5.25. The fourth-order valence-corrected chi connectivity index (χ4v) is 2.17. The molecule has 1 aromatic rings. The monoisotopic (exact) mass is 283 g/mol. The quantitative estimate of drug-likeness (QED) is 0.840. The fraction of sp³-hybridized carbons (Fsp3) is 0.385. The Bertz CT molecular complexity index is 365. The SMILES string of the molecule is C=C(C)CN(C)C(CO)c1cccc(Br)c1. The molecule has 2 nitrogen and oxygen atoms in total. The molecule has 0 heterocycles. The molecule has 0 radical (unpaired) electrons. The molecule has 0 saturated carbocycles. The van der Waals surface area contributed by atoms with Crippen LogP contribution in [0.2, 0.25) is 0 Å². The molecule has 1 aromatic carbocycles. The smallest absolute Gasteiger partial charge is 0.0628 e. The summed E-state index contributed by atoms with van der Waals surface area (Å²) < 4.78 is 1.03. The van der Waals surface area contributed by atoms with Crippen molar-refractivity contribution in [2.45, 2.75) is 13.0 Å². The van der Waals surface area contributed by atoms with E-state index >= 15 is 0 Å². The lowest BCUT2D eigenvalue weighted by Gasteiger charge is -2.27. The minimum absolute atomic E-state index is 0.0224. The van der Waals surface area contributed by atoms with E-state index in [1.807, 2.05) is 38.2 Å². The highest BCUT2D eigenvalue weighted by Gasteiger charge is 2.15. The zero-order valence-electron chi connectivity index (χ0n) is 9.78. The minimum Gasteiger partial charge on any atom is -0.394 e. The average Bonchev–Trinajstić information content (AvgIpc) is 2.17. The van der Waals surface area contributed by atoms with Crippen LogP contribution in [0, 0.1) is 0 Å². The first-order valence-corrected chi connectivity index (χ1v) is 6.05. The summed E-state index contributed by atoms with van der Waals surface area (Å²) in [5.41, 5.74) is 2.21. The van der Waals surface area contributed by atoms with E-state index in [-0.39, 0.29) is 12.6 Å². The zero-order chi connectivity index (χ0) is 12.1. The van der Waals surface area contributed by atoms with Crippen LogP contribution < -0.4 is 0 Å². The van der Waals surface area contributed by atoms with Gasteiger partial charge >= 0.3 is 0 Å². The van der Waals surface area contributed by atoms with Gasteiger partial charge in [0.15, 0.2) is 0 Å². The van der Waals surface area contributed by atoms with Crippen molar-refractivity contribution in [1.29, 1.82) is 0 Å². The lowest BCUT2D eigenvalue weighted by atomic mass is 10.1. The topological polar surface area (TPSA) is 23.5 Å². The molecule has 0 aliphatic carbocycles. The summed E-state index contributed by atoms with van der Waals surface area (Å²) in [6.07, 6.45) is 0. The Kier molecular flexibility index (Phi) is 5.19. The second-order valence-corrected chi connectivity index (χ2v) is 5.04. The summed E-state index contributed by atoms with van der Waals surface area (Å²) in [5, 5.41) is 9.47. The standard InChI is InChI=1S/C13H18BrNO/c1-10(2)8-15(3)13(9-16)11-5-4-6-12(14)7-11/h4-7,13,16H,1,8-9H2,2-3H3. The van der Waals surface area contributed by atoms with Gasteiger partial charge in [0.1, 0.15) is 0 Å². The maximum Gasteiger partial charge on any atom is 0.0628 e.